The molecule has 1 aromatic rings. The first-order chi connectivity index (χ1) is 6.56. The van der Waals surface area contributed by atoms with Crippen molar-refractivity contribution in [1.29, 1.82) is 0 Å². The summed E-state index contributed by atoms with van der Waals surface area (Å²) in [5, 5.41) is 2.70. The van der Waals surface area contributed by atoms with Crippen molar-refractivity contribution in [3.63, 3.8) is 0 Å². The molecule has 14 heavy (non-hydrogen) atoms. The number of carbonyl (C=O) groups is 1. The number of nitrogens with two attached hydrogens (primary N) is 1. The number of rotatable bonds is 3. The molecule has 0 fully saturated rings. The van der Waals surface area contributed by atoms with Gasteiger partial charge in [-0.1, -0.05) is 6.07 Å². The molecule has 0 bridgehead atoms. The molecule has 0 aromatic carbocycles. The van der Waals surface area contributed by atoms with Crippen molar-refractivity contribution in [2.45, 2.75) is 13.8 Å². The molecule has 1 rings (SSSR count). The Bertz CT molecular complexity index is 308. The molecule has 1 aromatic heterocycles. The van der Waals surface area contributed by atoms with Crippen LogP contribution in [-0.2, 0) is 4.79 Å². The quantitative estimate of drug-likeness (QED) is 0.752. The van der Waals surface area contributed by atoms with E-state index >= 15 is 0 Å². The van der Waals surface area contributed by atoms with Gasteiger partial charge >= 0.3 is 0 Å². The Kier molecular flexibility index (Phi) is 3.19. The first-order valence-corrected chi connectivity index (χ1v) is 4.49. The van der Waals surface area contributed by atoms with Crippen molar-refractivity contribution in [2.75, 3.05) is 11.9 Å². The summed E-state index contributed by atoms with van der Waals surface area (Å²) in [6.07, 6.45) is 1.63. The van der Waals surface area contributed by atoms with E-state index in [-0.39, 0.29) is 5.91 Å². The van der Waals surface area contributed by atoms with Gasteiger partial charge in [0.1, 0.15) is 5.82 Å². The van der Waals surface area contributed by atoms with Gasteiger partial charge in [-0.2, -0.15) is 0 Å². The van der Waals surface area contributed by atoms with E-state index in [2.05, 4.69) is 10.3 Å². The second kappa shape index (κ2) is 4.19. The molecular formula is C10H15N3O. The Morgan fingerprint density at radius 3 is 2.79 bits per heavy atom. The van der Waals surface area contributed by atoms with E-state index < -0.39 is 5.41 Å². The highest BCUT2D eigenvalue weighted by atomic mass is 16.2. The second-order valence-corrected chi connectivity index (χ2v) is 3.76. The molecule has 0 saturated heterocycles. The number of anilines is 1. The van der Waals surface area contributed by atoms with Crippen LogP contribution in [0.1, 0.15) is 13.8 Å². The number of hydrogen-bond acceptors (Lipinski definition) is 3. The van der Waals surface area contributed by atoms with E-state index in [1.165, 1.54) is 0 Å². The van der Waals surface area contributed by atoms with Gasteiger partial charge in [-0.05, 0) is 26.0 Å². The Morgan fingerprint density at radius 2 is 2.29 bits per heavy atom. The van der Waals surface area contributed by atoms with Gasteiger partial charge < -0.3 is 11.1 Å². The SMILES string of the molecule is CC(C)(CN)C(=O)Nc1ccccn1. The van der Waals surface area contributed by atoms with Crippen molar-refractivity contribution in [3.8, 4) is 0 Å². The lowest BCUT2D eigenvalue weighted by atomic mass is 9.93. The molecule has 4 heteroatoms. The third-order valence-electron chi connectivity index (χ3n) is 2.03. The third kappa shape index (κ3) is 2.53. The molecule has 3 N–H and O–H groups in total. The molecular weight excluding hydrogens is 178 g/mol. The van der Waals surface area contributed by atoms with Crippen molar-refractivity contribution in [3.05, 3.63) is 24.4 Å². The predicted molar refractivity (Wildman–Crippen MR) is 55.7 cm³/mol. The zero-order chi connectivity index (χ0) is 10.6. The van der Waals surface area contributed by atoms with Crippen LogP contribution in [0, 0.1) is 5.41 Å². The van der Waals surface area contributed by atoms with Crippen LogP contribution < -0.4 is 11.1 Å². The summed E-state index contributed by atoms with van der Waals surface area (Å²) in [6.45, 7) is 3.90. The van der Waals surface area contributed by atoms with Gasteiger partial charge in [0.15, 0.2) is 0 Å². The predicted octanol–water partition coefficient (Wildman–Crippen LogP) is 1.00. The molecule has 1 heterocycles. The minimum atomic E-state index is -0.558. The molecule has 4 nitrogen and oxygen atoms in total. The molecule has 0 radical (unpaired) electrons. The molecule has 0 atom stereocenters. The van der Waals surface area contributed by atoms with Crippen LogP contribution in [0.5, 0.6) is 0 Å². The van der Waals surface area contributed by atoms with E-state index in [1.54, 1.807) is 32.2 Å². The Morgan fingerprint density at radius 1 is 1.57 bits per heavy atom. The Labute approximate surface area is 83.5 Å². The van der Waals surface area contributed by atoms with Crippen LogP contribution in [0.4, 0.5) is 5.82 Å². The Balaban J connectivity index is 2.67. The van der Waals surface area contributed by atoms with Gasteiger partial charge in [0.2, 0.25) is 5.91 Å². The summed E-state index contributed by atoms with van der Waals surface area (Å²) in [4.78, 5) is 15.6. The highest BCUT2D eigenvalue weighted by Gasteiger charge is 2.25. The van der Waals surface area contributed by atoms with E-state index in [0.29, 0.717) is 12.4 Å². The molecule has 0 aliphatic heterocycles. The van der Waals surface area contributed by atoms with E-state index in [4.69, 9.17) is 5.73 Å². The number of amides is 1. The number of nitrogens with zero attached hydrogens (tertiary/aromatic N) is 1. The summed E-state index contributed by atoms with van der Waals surface area (Å²) in [6, 6.07) is 5.35. The maximum atomic E-state index is 11.6. The fourth-order valence-corrected chi connectivity index (χ4v) is 0.815. The smallest absolute Gasteiger partial charge is 0.232 e. The average Bonchev–Trinajstić information content (AvgIpc) is 2.19. The molecule has 1 amide bonds. The summed E-state index contributed by atoms with van der Waals surface area (Å²) in [5.74, 6) is 0.442. The van der Waals surface area contributed by atoms with Gasteiger partial charge in [-0.15, -0.1) is 0 Å². The summed E-state index contributed by atoms with van der Waals surface area (Å²) < 4.78 is 0. The van der Waals surface area contributed by atoms with Crippen LogP contribution in [-0.4, -0.2) is 17.4 Å². The number of pyridine rings is 1. The van der Waals surface area contributed by atoms with Crippen LogP contribution in [0.25, 0.3) is 0 Å². The van der Waals surface area contributed by atoms with E-state index in [1.807, 2.05) is 6.07 Å². The number of hydrogen-bond donors (Lipinski definition) is 2. The largest absolute Gasteiger partial charge is 0.329 e. The number of nitrogens with one attached hydrogen (secondary N) is 1. The zero-order valence-electron chi connectivity index (χ0n) is 8.45. The monoisotopic (exact) mass is 193 g/mol. The molecule has 0 aliphatic rings. The fourth-order valence-electron chi connectivity index (χ4n) is 0.815. The van der Waals surface area contributed by atoms with Crippen LogP contribution in [0.15, 0.2) is 24.4 Å². The van der Waals surface area contributed by atoms with Crippen molar-refractivity contribution in [1.82, 2.24) is 4.98 Å². The average molecular weight is 193 g/mol. The molecule has 76 valence electrons. The molecule has 0 unspecified atom stereocenters. The van der Waals surface area contributed by atoms with Crippen LogP contribution in [0.2, 0.25) is 0 Å². The number of aromatic nitrogens is 1. The summed E-state index contributed by atoms with van der Waals surface area (Å²) in [5.41, 5.74) is 4.92. The fraction of sp³-hybridized carbons (Fsp3) is 0.400. The van der Waals surface area contributed by atoms with Crippen molar-refractivity contribution < 1.29 is 4.79 Å². The lowest BCUT2D eigenvalue weighted by Crippen LogP contribution is -2.37. The van der Waals surface area contributed by atoms with E-state index in [0.717, 1.165) is 0 Å². The molecule has 0 aliphatic carbocycles. The highest BCUT2D eigenvalue weighted by molar-refractivity contribution is 5.94. The van der Waals surface area contributed by atoms with Crippen molar-refractivity contribution in [2.24, 2.45) is 11.1 Å². The normalized spacial score (nSPS) is 11.1. The third-order valence-corrected chi connectivity index (χ3v) is 2.03. The van der Waals surface area contributed by atoms with Gasteiger partial charge in [0, 0.05) is 12.7 Å². The second-order valence-electron chi connectivity index (χ2n) is 3.76. The lowest BCUT2D eigenvalue weighted by molar-refractivity contribution is -0.123. The standard InChI is InChI=1S/C10H15N3O/c1-10(2,7-11)9(14)13-8-5-3-4-6-12-8/h3-6H,7,11H2,1-2H3,(H,12,13,14). The first kappa shape index (κ1) is 10.7. The topological polar surface area (TPSA) is 68.0 Å². The molecule has 0 saturated carbocycles. The van der Waals surface area contributed by atoms with Gasteiger partial charge in [-0.3, -0.25) is 4.79 Å². The maximum absolute atomic E-state index is 11.6. The first-order valence-electron chi connectivity index (χ1n) is 4.49. The van der Waals surface area contributed by atoms with Crippen LogP contribution in [0.3, 0.4) is 0 Å². The van der Waals surface area contributed by atoms with Crippen LogP contribution >= 0.6 is 0 Å². The summed E-state index contributed by atoms with van der Waals surface area (Å²) >= 11 is 0. The minimum absolute atomic E-state index is 0.112. The van der Waals surface area contributed by atoms with E-state index in [9.17, 15) is 4.79 Å². The van der Waals surface area contributed by atoms with Crippen molar-refractivity contribution >= 4 is 11.7 Å². The lowest BCUT2D eigenvalue weighted by Gasteiger charge is -2.20. The highest BCUT2D eigenvalue weighted by Crippen LogP contribution is 2.15. The van der Waals surface area contributed by atoms with Gasteiger partial charge in [0.05, 0.1) is 5.41 Å². The minimum Gasteiger partial charge on any atom is -0.329 e. The van der Waals surface area contributed by atoms with Gasteiger partial charge in [-0.25, -0.2) is 4.98 Å². The Hall–Kier alpha value is -1.42. The maximum Gasteiger partial charge on any atom is 0.232 e. The van der Waals surface area contributed by atoms with Gasteiger partial charge in [0.25, 0.3) is 0 Å². The molecule has 0 spiro atoms. The number of carbonyl (C=O) groups excluding carboxylic acids is 1. The summed E-state index contributed by atoms with van der Waals surface area (Å²) in [7, 11) is 0. The zero-order valence-corrected chi connectivity index (χ0v) is 8.45.